The van der Waals surface area contributed by atoms with Crippen LogP contribution in [0.5, 0.6) is 5.75 Å². The minimum Gasteiger partial charge on any atom is -0.484 e. The molecule has 0 saturated carbocycles. The van der Waals surface area contributed by atoms with Crippen LogP contribution in [0.4, 0.5) is 5.69 Å². The lowest BCUT2D eigenvalue weighted by atomic mass is 10.2. The normalized spacial score (nSPS) is 10.0. The van der Waals surface area contributed by atoms with Crippen molar-refractivity contribution in [2.24, 2.45) is 0 Å². The first kappa shape index (κ1) is 17.7. The minimum atomic E-state index is -0.352. The zero-order chi connectivity index (χ0) is 16.8. The van der Waals surface area contributed by atoms with E-state index in [1.807, 2.05) is 31.2 Å². The molecule has 0 aliphatic carbocycles. The van der Waals surface area contributed by atoms with Crippen LogP contribution >= 0.6 is 39.7 Å². The summed E-state index contributed by atoms with van der Waals surface area (Å²) in [6, 6.07) is 12.6. The second-order valence-electron chi connectivity index (χ2n) is 4.68. The van der Waals surface area contributed by atoms with Gasteiger partial charge in [0.1, 0.15) is 5.75 Å². The second-order valence-corrected chi connectivity index (χ2v) is 6.35. The van der Waals surface area contributed by atoms with Crippen LogP contribution < -0.4 is 15.4 Å². The summed E-state index contributed by atoms with van der Waals surface area (Å²) in [4.78, 5) is 11.8. The molecule has 0 spiro atoms. The third-order valence-electron chi connectivity index (χ3n) is 2.87. The number of aryl methyl sites for hydroxylation is 1. The minimum absolute atomic E-state index is 0.134. The predicted molar refractivity (Wildman–Crippen MR) is 100 cm³/mol. The Balaban J connectivity index is 1.83. The summed E-state index contributed by atoms with van der Waals surface area (Å²) in [7, 11) is 0. The Morgan fingerprint density at radius 3 is 2.74 bits per heavy atom. The molecule has 2 N–H and O–H groups in total. The molecule has 0 heterocycles. The first-order valence-corrected chi connectivity index (χ1v) is 8.28. The van der Waals surface area contributed by atoms with Gasteiger partial charge in [-0.2, -0.15) is 0 Å². The number of rotatable bonds is 4. The van der Waals surface area contributed by atoms with Gasteiger partial charge in [-0.3, -0.25) is 10.1 Å². The van der Waals surface area contributed by atoms with Gasteiger partial charge in [0.2, 0.25) is 0 Å². The molecular weight excluding hydrogens is 400 g/mol. The van der Waals surface area contributed by atoms with E-state index in [1.165, 1.54) is 0 Å². The van der Waals surface area contributed by atoms with Crippen molar-refractivity contribution in [2.45, 2.75) is 6.92 Å². The fourth-order valence-electron chi connectivity index (χ4n) is 1.73. The van der Waals surface area contributed by atoms with Crippen molar-refractivity contribution in [3.63, 3.8) is 0 Å². The SMILES string of the molecule is Cc1cc(OCC(=O)NC(=S)Nc2ccccc2Cl)ccc1Br. The van der Waals surface area contributed by atoms with Crippen LogP contribution in [0, 0.1) is 6.92 Å². The Hall–Kier alpha value is -1.63. The Kier molecular flexibility index (Phi) is 6.38. The van der Waals surface area contributed by atoms with E-state index < -0.39 is 0 Å². The van der Waals surface area contributed by atoms with Gasteiger partial charge in [-0.05, 0) is 55.0 Å². The standard InChI is InChI=1S/C16H14BrClN2O2S/c1-10-8-11(6-7-12(10)17)22-9-15(21)20-16(23)19-14-5-3-2-4-13(14)18/h2-8H,9H2,1H3,(H2,19,20,21,23). The van der Waals surface area contributed by atoms with Gasteiger partial charge in [0, 0.05) is 4.47 Å². The van der Waals surface area contributed by atoms with Crippen molar-refractivity contribution < 1.29 is 9.53 Å². The van der Waals surface area contributed by atoms with Crippen LogP contribution in [0.2, 0.25) is 5.02 Å². The molecule has 0 atom stereocenters. The van der Waals surface area contributed by atoms with Gasteiger partial charge in [-0.25, -0.2) is 0 Å². The number of carbonyl (C=O) groups excluding carboxylic acids is 1. The summed E-state index contributed by atoms with van der Waals surface area (Å²) >= 11 is 14.5. The molecule has 0 aliphatic rings. The Morgan fingerprint density at radius 2 is 2.04 bits per heavy atom. The maximum absolute atomic E-state index is 11.8. The predicted octanol–water partition coefficient (Wildman–Crippen LogP) is 4.30. The first-order valence-electron chi connectivity index (χ1n) is 6.70. The van der Waals surface area contributed by atoms with Crippen LogP contribution in [0.1, 0.15) is 5.56 Å². The fraction of sp³-hybridized carbons (Fsp3) is 0.125. The lowest BCUT2D eigenvalue weighted by Crippen LogP contribution is -2.37. The smallest absolute Gasteiger partial charge is 0.264 e. The number of hydrogen-bond donors (Lipinski definition) is 2. The molecule has 2 rings (SSSR count). The largest absolute Gasteiger partial charge is 0.484 e. The number of nitrogens with one attached hydrogen (secondary N) is 2. The third-order valence-corrected chi connectivity index (χ3v) is 4.30. The van der Waals surface area contributed by atoms with Gasteiger partial charge < -0.3 is 10.1 Å². The van der Waals surface area contributed by atoms with Gasteiger partial charge >= 0.3 is 0 Å². The number of hydrogen-bond acceptors (Lipinski definition) is 3. The lowest BCUT2D eigenvalue weighted by molar-refractivity contribution is -0.121. The van der Waals surface area contributed by atoms with Crippen molar-refractivity contribution in [3.8, 4) is 5.75 Å². The van der Waals surface area contributed by atoms with Crippen molar-refractivity contribution in [2.75, 3.05) is 11.9 Å². The second kappa shape index (κ2) is 8.29. The molecule has 0 bridgehead atoms. The number of ether oxygens (including phenoxy) is 1. The van der Waals surface area contributed by atoms with E-state index in [9.17, 15) is 4.79 Å². The van der Waals surface area contributed by atoms with Crippen LogP contribution in [-0.4, -0.2) is 17.6 Å². The lowest BCUT2D eigenvalue weighted by Gasteiger charge is -2.11. The molecule has 7 heteroatoms. The molecule has 0 aliphatic heterocycles. The van der Waals surface area contributed by atoms with Crippen molar-refractivity contribution >= 4 is 56.5 Å². The van der Waals surface area contributed by atoms with Gasteiger partial charge in [-0.15, -0.1) is 0 Å². The number of thiocarbonyl (C=S) groups is 1. The van der Waals surface area contributed by atoms with Gasteiger partial charge in [0.25, 0.3) is 5.91 Å². The van der Waals surface area contributed by atoms with Gasteiger partial charge in [0.05, 0.1) is 10.7 Å². The van der Waals surface area contributed by atoms with E-state index in [4.69, 9.17) is 28.6 Å². The molecule has 120 valence electrons. The maximum Gasteiger partial charge on any atom is 0.264 e. The summed E-state index contributed by atoms with van der Waals surface area (Å²) in [6.07, 6.45) is 0. The zero-order valence-electron chi connectivity index (χ0n) is 12.2. The molecule has 0 fully saturated rings. The summed E-state index contributed by atoms with van der Waals surface area (Å²) < 4.78 is 6.42. The molecule has 0 saturated heterocycles. The third kappa shape index (κ3) is 5.49. The van der Waals surface area contributed by atoms with Crippen molar-refractivity contribution in [3.05, 3.63) is 57.5 Å². The van der Waals surface area contributed by atoms with Crippen molar-refractivity contribution in [1.82, 2.24) is 5.32 Å². The van der Waals surface area contributed by atoms with Gasteiger partial charge in [0.15, 0.2) is 11.7 Å². The van der Waals surface area contributed by atoms with E-state index >= 15 is 0 Å². The number of anilines is 1. The monoisotopic (exact) mass is 412 g/mol. The van der Waals surface area contributed by atoms with Crippen LogP contribution in [0.25, 0.3) is 0 Å². The Labute approximate surface area is 153 Å². The van der Waals surface area contributed by atoms with E-state index in [-0.39, 0.29) is 17.6 Å². The highest BCUT2D eigenvalue weighted by Crippen LogP contribution is 2.21. The molecule has 0 radical (unpaired) electrons. The molecule has 23 heavy (non-hydrogen) atoms. The Morgan fingerprint density at radius 1 is 1.30 bits per heavy atom. The number of halogens is 2. The summed E-state index contributed by atoms with van der Waals surface area (Å²) in [5.74, 6) is 0.265. The average Bonchev–Trinajstić information content (AvgIpc) is 2.51. The van der Waals surface area contributed by atoms with Crippen LogP contribution in [0.15, 0.2) is 46.9 Å². The maximum atomic E-state index is 11.8. The molecule has 2 aromatic carbocycles. The molecule has 1 amide bonds. The Bertz CT molecular complexity index is 740. The van der Waals surface area contributed by atoms with E-state index in [1.54, 1.807) is 18.2 Å². The summed E-state index contributed by atoms with van der Waals surface area (Å²) in [5.41, 5.74) is 1.66. The molecule has 2 aromatic rings. The topological polar surface area (TPSA) is 50.4 Å². The number of amides is 1. The first-order chi connectivity index (χ1) is 11.0. The molecule has 4 nitrogen and oxygen atoms in total. The van der Waals surface area contributed by atoms with E-state index in [0.717, 1.165) is 10.0 Å². The average molecular weight is 414 g/mol. The molecule has 0 aromatic heterocycles. The van der Waals surface area contributed by atoms with Crippen LogP contribution in [-0.2, 0) is 4.79 Å². The number of para-hydroxylation sites is 1. The zero-order valence-corrected chi connectivity index (χ0v) is 15.4. The number of benzene rings is 2. The van der Waals surface area contributed by atoms with Gasteiger partial charge in [-0.1, -0.05) is 39.7 Å². The molecular formula is C16H14BrClN2O2S. The van der Waals surface area contributed by atoms with E-state index in [0.29, 0.717) is 16.5 Å². The fourth-order valence-corrected chi connectivity index (χ4v) is 2.39. The summed E-state index contributed by atoms with van der Waals surface area (Å²) in [5, 5.41) is 6.09. The van der Waals surface area contributed by atoms with Crippen molar-refractivity contribution in [1.29, 1.82) is 0 Å². The quantitative estimate of drug-likeness (QED) is 0.734. The highest BCUT2D eigenvalue weighted by atomic mass is 79.9. The van der Waals surface area contributed by atoms with Crippen LogP contribution in [0.3, 0.4) is 0 Å². The highest BCUT2D eigenvalue weighted by molar-refractivity contribution is 9.10. The summed E-state index contributed by atoms with van der Waals surface area (Å²) in [6.45, 7) is 1.81. The molecule has 0 unspecified atom stereocenters. The van der Waals surface area contributed by atoms with E-state index in [2.05, 4.69) is 26.6 Å². The number of carbonyl (C=O) groups is 1. The highest BCUT2D eigenvalue weighted by Gasteiger charge is 2.08.